The van der Waals surface area contributed by atoms with Gasteiger partial charge in [0, 0.05) is 32.2 Å². The summed E-state index contributed by atoms with van der Waals surface area (Å²) in [6.07, 6.45) is 6.17. The molecule has 0 radical (unpaired) electrons. The van der Waals surface area contributed by atoms with Gasteiger partial charge in [0.05, 0.1) is 5.92 Å². The molecule has 1 saturated heterocycles. The molecule has 9 nitrogen and oxygen atoms in total. The van der Waals surface area contributed by atoms with Crippen molar-refractivity contribution in [1.29, 1.82) is 0 Å². The molecular formula is C25H28N6O3S. The zero-order chi connectivity index (χ0) is 23.9. The minimum absolute atomic E-state index is 0.0374. The predicted octanol–water partition coefficient (Wildman–Crippen LogP) is 1.93. The van der Waals surface area contributed by atoms with Gasteiger partial charge in [0.15, 0.2) is 10.8 Å². The van der Waals surface area contributed by atoms with E-state index < -0.39 is 0 Å². The molecule has 1 atom stereocenters. The average Bonchev–Trinajstić information content (AvgIpc) is 3.59. The van der Waals surface area contributed by atoms with Crippen LogP contribution in [0.5, 0.6) is 0 Å². The first kappa shape index (κ1) is 22.2. The predicted molar refractivity (Wildman–Crippen MR) is 133 cm³/mol. The Morgan fingerprint density at radius 2 is 1.94 bits per heavy atom. The zero-order valence-corrected chi connectivity index (χ0v) is 20.3. The second kappa shape index (κ2) is 9.07. The van der Waals surface area contributed by atoms with E-state index in [1.54, 1.807) is 4.90 Å². The summed E-state index contributed by atoms with van der Waals surface area (Å²) in [6.45, 7) is 2.58. The van der Waals surface area contributed by atoms with Crippen molar-refractivity contribution >= 4 is 38.6 Å². The lowest BCUT2D eigenvalue weighted by atomic mass is 9.97. The number of hydrogen-bond acceptors (Lipinski definition) is 7. The van der Waals surface area contributed by atoms with E-state index in [1.807, 2.05) is 18.2 Å². The minimum Gasteiger partial charge on any atom is -0.353 e. The molecule has 4 heterocycles. The van der Waals surface area contributed by atoms with Crippen LogP contribution in [0.25, 0.3) is 10.3 Å². The van der Waals surface area contributed by atoms with Crippen molar-refractivity contribution in [2.75, 3.05) is 24.5 Å². The smallest absolute Gasteiger partial charge is 0.273 e. The van der Waals surface area contributed by atoms with E-state index in [1.165, 1.54) is 27.8 Å². The number of carbonyl (C=O) groups is 2. The molecule has 1 aliphatic carbocycles. The molecular weight excluding hydrogens is 464 g/mol. The normalized spacial score (nSPS) is 20.1. The van der Waals surface area contributed by atoms with E-state index in [9.17, 15) is 14.4 Å². The summed E-state index contributed by atoms with van der Waals surface area (Å²) in [4.78, 5) is 51.6. The van der Waals surface area contributed by atoms with Crippen molar-refractivity contribution in [2.24, 2.45) is 5.92 Å². The highest BCUT2D eigenvalue weighted by Crippen LogP contribution is 2.30. The third-order valence-corrected chi connectivity index (χ3v) is 8.24. The Hall–Kier alpha value is -3.27. The monoisotopic (exact) mass is 492 g/mol. The van der Waals surface area contributed by atoms with Crippen molar-refractivity contribution in [3.05, 3.63) is 52.1 Å². The van der Waals surface area contributed by atoms with Crippen molar-refractivity contribution in [2.45, 2.75) is 51.2 Å². The SMILES string of the molecule is O=C(NC1CC1)C1CCCN(c2nc3ncn(CC(=O)N4CCc5ccccc5C4)c(=O)c3s2)C1. The number of carbonyl (C=O) groups excluding carboxylic acids is 2. The van der Waals surface area contributed by atoms with Gasteiger partial charge in [-0.1, -0.05) is 35.6 Å². The van der Waals surface area contributed by atoms with Crippen LogP contribution in [-0.2, 0) is 29.1 Å². The Balaban J connectivity index is 1.17. The first-order valence-corrected chi connectivity index (χ1v) is 13.1. The molecule has 1 unspecified atom stereocenters. The molecule has 182 valence electrons. The van der Waals surface area contributed by atoms with Gasteiger partial charge in [-0.3, -0.25) is 19.0 Å². The number of anilines is 1. The molecule has 1 N–H and O–H groups in total. The molecule has 6 rings (SSSR count). The summed E-state index contributed by atoms with van der Waals surface area (Å²) in [7, 11) is 0. The van der Waals surface area contributed by atoms with Crippen LogP contribution in [0, 0.1) is 5.92 Å². The highest BCUT2D eigenvalue weighted by Gasteiger charge is 2.31. The summed E-state index contributed by atoms with van der Waals surface area (Å²) in [5, 5.41) is 3.82. The number of thiazole rings is 1. The number of aromatic nitrogens is 3. The van der Waals surface area contributed by atoms with Crippen molar-refractivity contribution in [1.82, 2.24) is 24.8 Å². The zero-order valence-electron chi connectivity index (χ0n) is 19.5. The highest BCUT2D eigenvalue weighted by molar-refractivity contribution is 7.22. The third-order valence-electron chi connectivity index (χ3n) is 7.15. The lowest BCUT2D eigenvalue weighted by Crippen LogP contribution is -2.43. The van der Waals surface area contributed by atoms with Gasteiger partial charge in [0.2, 0.25) is 11.8 Å². The fraction of sp³-hybridized carbons (Fsp3) is 0.480. The Morgan fingerprint density at radius 3 is 2.77 bits per heavy atom. The van der Waals surface area contributed by atoms with Crippen LogP contribution >= 0.6 is 11.3 Å². The Morgan fingerprint density at radius 1 is 1.11 bits per heavy atom. The lowest BCUT2D eigenvalue weighted by molar-refractivity contribution is -0.132. The van der Waals surface area contributed by atoms with Crippen LogP contribution in [0.4, 0.5) is 5.13 Å². The van der Waals surface area contributed by atoms with Gasteiger partial charge in [-0.25, -0.2) is 4.98 Å². The molecule has 10 heteroatoms. The lowest BCUT2D eigenvalue weighted by Gasteiger charge is -2.31. The second-order valence-electron chi connectivity index (χ2n) is 9.73. The van der Waals surface area contributed by atoms with Crippen LogP contribution in [0.3, 0.4) is 0 Å². The number of fused-ring (bicyclic) bond motifs is 2. The van der Waals surface area contributed by atoms with E-state index in [0.717, 1.165) is 44.2 Å². The van der Waals surface area contributed by atoms with Crippen LogP contribution in [0.15, 0.2) is 35.4 Å². The molecule has 0 spiro atoms. The molecule has 2 fully saturated rings. The maximum Gasteiger partial charge on any atom is 0.273 e. The molecule has 2 aromatic heterocycles. The standard InChI is InChI=1S/C25H28N6O3S/c32-20(29-11-9-16-4-1-2-5-17(16)12-29)14-31-15-26-22-21(24(31)34)35-25(28-22)30-10-3-6-18(13-30)23(33)27-19-7-8-19/h1-2,4-5,15,18-19H,3,6-14H2,(H,27,33). The molecule has 35 heavy (non-hydrogen) atoms. The number of rotatable bonds is 5. The second-order valence-corrected chi connectivity index (χ2v) is 10.7. The van der Waals surface area contributed by atoms with Gasteiger partial charge in [-0.15, -0.1) is 0 Å². The maximum absolute atomic E-state index is 13.2. The van der Waals surface area contributed by atoms with Gasteiger partial charge in [-0.2, -0.15) is 4.98 Å². The van der Waals surface area contributed by atoms with E-state index in [2.05, 4.69) is 26.3 Å². The molecule has 1 aromatic carbocycles. The number of piperidine rings is 1. The van der Waals surface area contributed by atoms with E-state index >= 15 is 0 Å². The van der Waals surface area contributed by atoms with Gasteiger partial charge in [0.25, 0.3) is 5.56 Å². The first-order chi connectivity index (χ1) is 17.0. The highest BCUT2D eigenvalue weighted by atomic mass is 32.1. The number of nitrogens with one attached hydrogen (secondary N) is 1. The first-order valence-electron chi connectivity index (χ1n) is 12.3. The van der Waals surface area contributed by atoms with Crippen LogP contribution in [0.1, 0.15) is 36.8 Å². The van der Waals surface area contributed by atoms with Crippen molar-refractivity contribution in [3.63, 3.8) is 0 Å². The van der Waals surface area contributed by atoms with E-state index in [-0.39, 0.29) is 29.8 Å². The number of nitrogens with zero attached hydrogens (tertiary/aromatic N) is 5. The Kier molecular flexibility index (Phi) is 5.75. The Labute approximate surface area is 206 Å². The summed E-state index contributed by atoms with van der Waals surface area (Å²) >= 11 is 1.30. The van der Waals surface area contributed by atoms with Crippen LogP contribution in [-0.4, -0.2) is 56.9 Å². The van der Waals surface area contributed by atoms with Gasteiger partial charge in [-0.05, 0) is 43.2 Å². The molecule has 3 aromatic rings. The minimum atomic E-state index is -0.246. The topological polar surface area (TPSA) is 100 Å². The molecule has 3 aliphatic rings. The third kappa shape index (κ3) is 4.54. The summed E-state index contributed by atoms with van der Waals surface area (Å²) in [5.41, 5.74) is 2.59. The Bertz CT molecular complexity index is 1350. The van der Waals surface area contributed by atoms with Crippen LogP contribution in [0.2, 0.25) is 0 Å². The average molecular weight is 493 g/mol. The number of amides is 2. The molecule has 0 bridgehead atoms. The fourth-order valence-electron chi connectivity index (χ4n) is 4.95. The van der Waals surface area contributed by atoms with Crippen molar-refractivity contribution < 1.29 is 9.59 Å². The summed E-state index contributed by atoms with van der Waals surface area (Å²) in [5.74, 6) is -0.0287. The van der Waals surface area contributed by atoms with Gasteiger partial charge < -0.3 is 15.1 Å². The summed E-state index contributed by atoms with van der Waals surface area (Å²) in [6, 6.07) is 8.51. The van der Waals surface area contributed by atoms with Crippen molar-refractivity contribution in [3.8, 4) is 0 Å². The van der Waals surface area contributed by atoms with Gasteiger partial charge >= 0.3 is 0 Å². The largest absolute Gasteiger partial charge is 0.353 e. The maximum atomic E-state index is 13.2. The summed E-state index contributed by atoms with van der Waals surface area (Å²) < 4.78 is 1.83. The fourth-order valence-corrected chi connectivity index (χ4v) is 5.95. The van der Waals surface area contributed by atoms with E-state index in [4.69, 9.17) is 0 Å². The van der Waals surface area contributed by atoms with Crippen LogP contribution < -0.4 is 15.8 Å². The molecule has 1 saturated carbocycles. The number of hydrogen-bond donors (Lipinski definition) is 1. The molecule has 2 aliphatic heterocycles. The van der Waals surface area contributed by atoms with E-state index in [0.29, 0.717) is 41.2 Å². The van der Waals surface area contributed by atoms with Gasteiger partial charge in [0.1, 0.15) is 17.6 Å². The number of benzene rings is 1. The molecule has 2 amide bonds. The quantitative estimate of drug-likeness (QED) is 0.584.